The van der Waals surface area contributed by atoms with Gasteiger partial charge in [0.15, 0.2) is 0 Å². The Balaban J connectivity index is 7.81. The van der Waals surface area contributed by atoms with E-state index >= 15 is 0 Å². The lowest BCUT2D eigenvalue weighted by molar-refractivity contribution is -0.490. The molecular formula is C16HF33O3S. The van der Waals surface area contributed by atoms with E-state index in [4.69, 9.17) is 4.55 Å². The van der Waals surface area contributed by atoms with Gasteiger partial charge in [-0.15, -0.1) is 0 Å². The van der Waals surface area contributed by atoms with Gasteiger partial charge in [0.2, 0.25) is 0 Å². The number of hydrogen-bond donors (Lipinski definition) is 1. The standard InChI is InChI=1S/C16HF33O3S/c17-1(18,3(21,22)5(25,26)7(29,30)9(33,34)11(37,38)13(41,42)15(45,46)47)2(19,20)4(23,24)6(27,28)8(31,32)10(35,36)12(39,40)14(43,44)16(48,49)53(50,51)52/h(H,50,51,52). The maximum absolute atomic E-state index is 13.8. The molecule has 0 radical (unpaired) electrons. The van der Waals surface area contributed by atoms with Crippen LogP contribution < -0.4 is 0 Å². The maximum Gasteiger partial charge on any atom is 0.460 e. The molecule has 0 amide bonds. The van der Waals surface area contributed by atoms with Crippen LogP contribution in [0.3, 0.4) is 0 Å². The van der Waals surface area contributed by atoms with Crippen LogP contribution in [0, 0.1) is 0 Å². The molecule has 0 heterocycles. The molecule has 0 unspecified atom stereocenters. The smallest absolute Gasteiger partial charge is 0.281 e. The molecule has 0 aromatic carbocycles. The minimum Gasteiger partial charge on any atom is -0.281 e. The van der Waals surface area contributed by atoms with Crippen molar-refractivity contribution in [2.75, 3.05) is 0 Å². The first-order valence-electron chi connectivity index (χ1n) is 10.7. The number of hydrogen-bond acceptors (Lipinski definition) is 2. The van der Waals surface area contributed by atoms with E-state index < -0.39 is 104 Å². The largest absolute Gasteiger partial charge is 0.460 e. The fourth-order valence-corrected chi connectivity index (χ4v) is 3.34. The van der Waals surface area contributed by atoms with Crippen LogP contribution in [0.15, 0.2) is 0 Å². The van der Waals surface area contributed by atoms with Crippen LogP contribution >= 0.6 is 0 Å². The summed E-state index contributed by atoms with van der Waals surface area (Å²) < 4.78 is 468. The fraction of sp³-hybridized carbons (Fsp3) is 1.00. The Morgan fingerprint density at radius 3 is 0.453 bits per heavy atom. The van der Waals surface area contributed by atoms with Crippen molar-refractivity contribution in [1.29, 1.82) is 0 Å². The molecule has 320 valence electrons. The lowest BCUT2D eigenvalue weighted by atomic mass is 9.83. The molecule has 37 heteroatoms. The SMILES string of the molecule is O=S(=O)(O)C(F)(F)C(F)(F)C(F)(F)C(F)(F)C(F)(F)C(F)(F)C(F)(F)C(F)(F)C(F)(F)C(F)(F)C(F)(F)C(F)(F)C(F)(F)C(F)(F)C(F)(F)C(F)(F)F. The van der Waals surface area contributed by atoms with Crippen molar-refractivity contribution in [2.45, 2.75) is 94.3 Å². The summed E-state index contributed by atoms with van der Waals surface area (Å²) in [4.78, 5) is 0. The van der Waals surface area contributed by atoms with Crippen LogP contribution in [0.25, 0.3) is 0 Å². The van der Waals surface area contributed by atoms with Crippen molar-refractivity contribution in [3.05, 3.63) is 0 Å². The average Bonchev–Trinajstić information content (AvgIpc) is 2.89. The topological polar surface area (TPSA) is 54.4 Å². The first-order chi connectivity index (χ1) is 22.0. The van der Waals surface area contributed by atoms with Gasteiger partial charge in [0.05, 0.1) is 0 Å². The normalized spacial score (nSPS) is 17.4. The fourth-order valence-electron chi connectivity index (χ4n) is 2.89. The van der Waals surface area contributed by atoms with E-state index in [1.165, 1.54) is 0 Å². The van der Waals surface area contributed by atoms with Gasteiger partial charge in [-0.05, 0) is 0 Å². The molecule has 0 rings (SSSR count). The van der Waals surface area contributed by atoms with Gasteiger partial charge < -0.3 is 0 Å². The molecule has 0 saturated carbocycles. The molecule has 0 spiro atoms. The first kappa shape index (κ1) is 50.6. The van der Waals surface area contributed by atoms with Gasteiger partial charge in [0, 0.05) is 0 Å². The van der Waals surface area contributed by atoms with Gasteiger partial charge in [-0.2, -0.15) is 153 Å². The van der Waals surface area contributed by atoms with Crippen molar-refractivity contribution in [3.8, 4) is 0 Å². The van der Waals surface area contributed by atoms with Gasteiger partial charge in [0.1, 0.15) is 0 Å². The molecular weight excluding hydrogens is 899 g/mol. The molecule has 53 heavy (non-hydrogen) atoms. The van der Waals surface area contributed by atoms with Crippen LogP contribution in [0.2, 0.25) is 0 Å². The molecule has 0 bridgehead atoms. The van der Waals surface area contributed by atoms with Crippen molar-refractivity contribution >= 4 is 10.1 Å². The summed E-state index contributed by atoms with van der Waals surface area (Å²) in [6, 6.07) is 0. The highest BCUT2D eigenvalue weighted by atomic mass is 32.2. The summed E-state index contributed by atoms with van der Waals surface area (Å²) in [5.41, 5.74) is 0. The number of halogens is 33. The monoisotopic (exact) mass is 900 g/mol. The molecule has 0 aromatic heterocycles. The summed E-state index contributed by atoms with van der Waals surface area (Å²) in [5, 5.41) is -8.43. The minimum atomic E-state index is -10.3. The van der Waals surface area contributed by atoms with Gasteiger partial charge in [-0.3, -0.25) is 4.55 Å². The lowest BCUT2D eigenvalue weighted by Crippen LogP contribution is -2.80. The highest BCUT2D eigenvalue weighted by Crippen LogP contribution is 2.70. The van der Waals surface area contributed by atoms with Gasteiger partial charge >= 0.3 is 104 Å². The van der Waals surface area contributed by atoms with E-state index in [1.54, 1.807) is 0 Å². The Bertz CT molecular complexity index is 1480. The maximum atomic E-state index is 13.8. The van der Waals surface area contributed by atoms with Crippen LogP contribution in [0.1, 0.15) is 0 Å². The Morgan fingerprint density at radius 1 is 0.226 bits per heavy atom. The third kappa shape index (κ3) is 5.60. The molecule has 3 nitrogen and oxygen atoms in total. The Labute approximate surface area is 263 Å². The van der Waals surface area contributed by atoms with E-state index in [0.717, 1.165) is 0 Å². The second-order valence-corrected chi connectivity index (χ2v) is 11.0. The van der Waals surface area contributed by atoms with Gasteiger partial charge in [-0.1, -0.05) is 0 Å². The van der Waals surface area contributed by atoms with Crippen LogP contribution in [0.5, 0.6) is 0 Å². The highest BCUT2D eigenvalue weighted by molar-refractivity contribution is 7.87. The van der Waals surface area contributed by atoms with Gasteiger partial charge in [-0.25, -0.2) is 0 Å². The summed E-state index contributed by atoms with van der Waals surface area (Å²) in [6.45, 7) is 0. The minimum absolute atomic E-state index is 7.73. The predicted molar refractivity (Wildman–Crippen MR) is 91.8 cm³/mol. The quantitative estimate of drug-likeness (QED) is 0.132. The summed E-state index contributed by atoms with van der Waals surface area (Å²) in [5.74, 6) is -138. The first-order valence-corrected chi connectivity index (χ1v) is 12.1. The molecule has 0 atom stereocenters. The zero-order valence-corrected chi connectivity index (χ0v) is 23.0. The highest BCUT2D eigenvalue weighted by Gasteiger charge is 3.02. The molecule has 0 aliphatic rings. The van der Waals surface area contributed by atoms with Crippen LogP contribution in [0.4, 0.5) is 145 Å². The van der Waals surface area contributed by atoms with Crippen molar-refractivity contribution in [1.82, 2.24) is 0 Å². The van der Waals surface area contributed by atoms with Gasteiger partial charge in [0.25, 0.3) is 0 Å². The molecule has 0 saturated heterocycles. The molecule has 0 aliphatic carbocycles. The van der Waals surface area contributed by atoms with E-state index in [0.29, 0.717) is 0 Å². The summed E-state index contributed by atoms with van der Waals surface area (Å²) in [6.07, 6.45) is -8.42. The molecule has 0 aromatic rings. The van der Waals surface area contributed by atoms with E-state index in [1.807, 2.05) is 0 Å². The summed E-state index contributed by atoms with van der Waals surface area (Å²) >= 11 is 0. The molecule has 0 fully saturated rings. The molecule has 1 N–H and O–H groups in total. The lowest BCUT2D eigenvalue weighted by Gasteiger charge is -2.46. The van der Waals surface area contributed by atoms with Crippen LogP contribution in [-0.4, -0.2) is 107 Å². The number of rotatable bonds is 15. The summed E-state index contributed by atoms with van der Waals surface area (Å²) in [7, 11) is -8.44. The number of alkyl halides is 33. The third-order valence-corrected chi connectivity index (χ3v) is 7.08. The second-order valence-electron chi connectivity index (χ2n) is 9.53. The zero-order valence-electron chi connectivity index (χ0n) is 22.1. The second kappa shape index (κ2) is 11.8. The third-order valence-electron chi connectivity index (χ3n) is 6.17. The van der Waals surface area contributed by atoms with Crippen molar-refractivity contribution in [2.24, 2.45) is 0 Å². The van der Waals surface area contributed by atoms with E-state index in [2.05, 4.69) is 0 Å². The average molecular weight is 900 g/mol. The Morgan fingerprint density at radius 2 is 0.340 bits per heavy atom. The van der Waals surface area contributed by atoms with Crippen molar-refractivity contribution < 1.29 is 158 Å². The molecule has 0 aliphatic heterocycles. The van der Waals surface area contributed by atoms with E-state index in [9.17, 15) is 153 Å². The zero-order chi connectivity index (χ0) is 44.5. The van der Waals surface area contributed by atoms with E-state index in [-0.39, 0.29) is 0 Å². The Kier molecular flexibility index (Phi) is 11.3. The Hall–Kier alpha value is -2.40. The predicted octanol–water partition coefficient (Wildman–Crippen LogP) is 9.92. The van der Waals surface area contributed by atoms with Crippen molar-refractivity contribution in [3.63, 3.8) is 0 Å². The van der Waals surface area contributed by atoms with Crippen LogP contribution in [-0.2, 0) is 10.1 Å².